The molecule has 0 spiro atoms. The van der Waals surface area contributed by atoms with Gasteiger partial charge in [-0.3, -0.25) is 4.79 Å². The van der Waals surface area contributed by atoms with Crippen molar-refractivity contribution in [3.05, 3.63) is 34.6 Å². The lowest BCUT2D eigenvalue weighted by Crippen LogP contribution is -2.35. The van der Waals surface area contributed by atoms with E-state index in [0.29, 0.717) is 29.1 Å². The van der Waals surface area contributed by atoms with Crippen molar-refractivity contribution in [3.63, 3.8) is 0 Å². The number of ether oxygens (including phenoxy) is 1. The molecule has 0 radical (unpaired) electrons. The molecule has 0 aliphatic heterocycles. The van der Waals surface area contributed by atoms with Crippen LogP contribution in [0.2, 0.25) is 5.02 Å². The molecule has 0 bridgehead atoms. The Kier molecular flexibility index (Phi) is 8.24. The number of carbonyl (C=O) groups excluding carboxylic acids is 1. The van der Waals surface area contributed by atoms with Gasteiger partial charge in [0.1, 0.15) is 12.4 Å². The Balaban J connectivity index is 1.54. The van der Waals surface area contributed by atoms with Crippen LogP contribution in [0, 0.1) is 6.92 Å². The van der Waals surface area contributed by atoms with E-state index >= 15 is 0 Å². The first-order valence-electron chi connectivity index (χ1n) is 10.3. The number of benzene rings is 1. The van der Waals surface area contributed by atoms with E-state index in [1.54, 1.807) is 0 Å². The highest BCUT2D eigenvalue weighted by Gasteiger charge is 2.17. The van der Waals surface area contributed by atoms with Gasteiger partial charge in [-0.2, -0.15) is 0 Å². The van der Waals surface area contributed by atoms with E-state index in [1.807, 2.05) is 36.6 Å². The zero-order valence-corrected chi connectivity index (χ0v) is 18.7. The molecule has 3 rings (SSSR count). The van der Waals surface area contributed by atoms with Crippen LogP contribution < -0.4 is 10.1 Å². The monoisotopic (exact) mass is 436 g/mol. The van der Waals surface area contributed by atoms with Crippen molar-refractivity contribution in [2.75, 3.05) is 5.75 Å². The summed E-state index contributed by atoms with van der Waals surface area (Å²) in [6.45, 7) is 5.01. The molecule has 158 valence electrons. The van der Waals surface area contributed by atoms with Crippen molar-refractivity contribution in [1.29, 1.82) is 0 Å². The third-order valence-corrected chi connectivity index (χ3v) is 6.38. The molecular weight excluding hydrogens is 408 g/mol. The van der Waals surface area contributed by atoms with Crippen LogP contribution in [0.4, 0.5) is 0 Å². The lowest BCUT2D eigenvalue weighted by molar-refractivity contribution is -0.119. The number of nitrogens with zero attached hydrogens (tertiary/aromatic N) is 3. The van der Waals surface area contributed by atoms with E-state index in [-0.39, 0.29) is 12.5 Å². The van der Waals surface area contributed by atoms with Crippen LogP contribution in [-0.2, 0) is 17.9 Å². The minimum absolute atomic E-state index is 0.0666. The van der Waals surface area contributed by atoms with Gasteiger partial charge in [-0.1, -0.05) is 55.1 Å². The highest BCUT2D eigenvalue weighted by atomic mass is 35.5. The Hall–Kier alpha value is -1.73. The maximum atomic E-state index is 12.4. The number of aromatic nitrogens is 3. The number of halogens is 1. The number of nitrogens with one attached hydrogen (secondary N) is 1. The number of amides is 1. The van der Waals surface area contributed by atoms with E-state index < -0.39 is 0 Å². The van der Waals surface area contributed by atoms with Crippen LogP contribution in [0.1, 0.15) is 56.8 Å². The molecule has 1 aromatic carbocycles. The fourth-order valence-corrected chi connectivity index (χ4v) is 4.54. The highest BCUT2D eigenvalue weighted by Crippen LogP contribution is 2.26. The molecule has 0 atom stereocenters. The van der Waals surface area contributed by atoms with Gasteiger partial charge in [-0.05, 0) is 44.4 Å². The molecule has 29 heavy (non-hydrogen) atoms. The molecule has 6 nitrogen and oxygen atoms in total. The fourth-order valence-electron chi connectivity index (χ4n) is 3.54. The van der Waals surface area contributed by atoms with Gasteiger partial charge in [0.25, 0.3) is 0 Å². The van der Waals surface area contributed by atoms with Crippen molar-refractivity contribution in [2.45, 2.75) is 76.7 Å². The Morgan fingerprint density at radius 2 is 2.03 bits per heavy atom. The summed E-state index contributed by atoms with van der Waals surface area (Å²) in [4.78, 5) is 12.4. The summed E-state index contributed by atoms with van der Waals surface area (Å²) in [7, 11) is 0. The van der Waals surface area contributed by atoms with Crippen molar-refractivity contribution < 1.29 is 9.53 Å². The second-order valence-corrected chi connectivity index (χ2v) is 8.76. The predicted molar refractivity (Wildman–Crippen MR) is 117 cm³/mol. The number of hydrogen-bond acceptors (Lipinski definition) is 5. The van der Waals surface area contributed by atoms with Crippen molar-refractivity contribution in [2.24, 2.45) is 0 Å². The van der Waals surface area contributed by atoms with Crippen molar-refractivity contribution in [1.82, 2.24) is 20.1 Å². The molecule has 1 aliphatic carbocycles. The maximum Gasteiger partial charge on any atom is 0.230 e. The van der Waals surface area contributed by atoms with Crippen molar-refractivity contribution >= 4 is 29.3 Å². The molecule has 0 saturated heterocycles. The van der Waals surface area contributed by atoms with Crippen LogP contribution in [0.25, 0.3) is 0 Å². The SMILES string of the molecule is CCn1c(COc2cc(C)ccc2Cl)nnc1SCC(=O)NC1CCCCCC1. The highest BCUT2D eigenvalue weighted by molar-refractivity contribution is 7.99. The molecule has 1 N–H and O–H groups in total. The molecule has 1 fully saturated rings. The minimum Gasteiger partial charge on any atom is -0.484 e. The quantitative estimate of drug-likeness (QED) is 0.476. The molecule has 2 aromatic rings. The van der Waals surface area contributed by atoms with E-state index in [2.05, 4.69) is 15.5 Å². The van der Waals surface area contributed by atoms with E-state index in [1.165, 1.54) is 37.4 Å². The lowest BCUT2D eigenvalue weighted by Gasteiger charge is -2.16. The third kappa shape index (κ3) is 6.37. The van der Waals surface area contributed by atoms with Crippen molar-refractivity contribution in [3.8, 4) is 5.75 Å². The second kappa shape index (κ2) is 10.9. The van der Waals surface area contributed by atoms with Gasteiger partial charge in [0.15, 0.2) is 11.0 Å². The van der Waals surface area contributed by atoms with E-state index in [0.717, 1.165) is 29.4 Å². The summed E-state index contributed by atoms with van der Waals surface area (Å²) in [6, 6.07) is 5.99. The summed E-state index contributed by atoms with van der Waals surface area (Å²) < 4.78 is 7.83. The average molecular weight is 437 g/mol. The van der Waals surface area contributed by atoms with Crippen LogP contribution in [0.15, 0.2) is 23.4 Å². The topological polar surface area (TPSA) is 69.0 Å². The summed E-state index contributed by atoms with van der Waals surface area (Å²) in [5.74, 6) is 1.77. The van der Waals surface area contributed by atoms with Gasteiger partial charge in [0, 0.05) is 12.6 Å². The minimum atomic E-state index is 0.0666. The zero-order chi connectivity index (χ0) is 20.6. The number of thioether (sulfide) groups is 1. The Labute approximate surface area is 181 Å². The molecule has 8 heteroatoms. The molecule has 1 aromatic heterocycles. The standard InChI is InChI=1S/C21H29ClN4O2S/c1-3-26-19(13-28-18-12-15(2)10-11-17(18)22)24-25-21(26)29-14-20(27)23-16-8-6-4-5-7-9-16/h10-12,16H,3-9,13-14H2,1-2H3,(H,23,27). The molecule has 0 unspecified atom stereocenters. The average Bonchev–Trinajstić information content (AvgIpc) is 2.92. The second-order valence-electron chi connectivity index (χ2n) is 7.41. The Bertz CT molecular complexity index is 819. The first-order chi connectivity index (χ1) is 14.1. The number of hydrogen-bond donors (Lipinski definition) is 1. The number of aryl methyl sites for hydroxylation is 1. The number of rotatable bonds is 8. The van der Waals surface area contributed by atoms with Crippen LogP contribution in [0.5, 0.6) is 5.75 Å². The Morgan fingerprint density at radius 3 is 2.76 bits per heavy atom. The van der Waals surface area contributed by atoms with Gasteiger partial charge in [0.05, 0.1) is 10.8 Å². The van der Waals surface area contributed by atoms with Gasteiger partial charge in [-0.25, -0.2) is 0 Å². The maximum absolute atomic E-state index is 12.4. The summed E-state index contributed by atoms with van der Waals surface area (Å²) >= 11 is 7.62. The van der Waals surface area contributed by atoms with Crippen LogP contribution in [-0.4, -0.2) is 32.5 Å². The molecular formula is C21H29ClN4O2S. The van der Waals surface area contributed by atoms with Crippen LogP contribution >= 0.6 is 23.4 Å². The van der Waals surface area contributed by atoms with Gasteiger partial charge >= 0.3 is 0 Å². The molecule has 1 amide bonds. The normalized spacial score (nSPS) is 15.1. The lowest BCUT2D eigenvalue weighted by atomic mass is 10.1. The smallest absolute Gasteiger partial charge is 0.230 e. The summed E-state index contributed by atoms with van der Waals surface area (Å²) in [6.07, 6.45) is 7.14. The zero-order valence-electron chi connectivity index (χ0n) is 17.1. The Morgan fingerprint density at radius 1 is 1.28 bits per heavy atom. The van der Waals surface area contributed by atoms with Gasteiger partial charge in [0.2, 0.25) is 5.91 Å². The van der Waals surface area contributed by atoms with Crippen LogP contribution in [0.3, 0.4) is 0 Å². The van der Waals surface area contributed by atoms with E-state index in [4.69, 9.17) is 16.3 Å². The van der Waals surface area contributed by atoms with E-state index in [9.17, 15) is 4.79 Å². The first kappa shape index (κ1) is 22.0. The fraction of sp³-hybridized carbons (Fsp3) is 0.571. The summed E-state index contributed by atoms with van der Waals surface area (Å²) in [5, 5.41) is 13.0. The van der Waals surface area contributed by atoms with Gasteiger partial charge in [-0.15, -0.1) is 10.2 Å². The molecule has 1 saturated carbocycles. The first-order valence-corrected chi connectivity index (χ1v) is 11.7. The molecule has 1 aliphatic rings. The predicted octanol–water partition coefficient (Wildman–Crippen LogP) is 4.77. The largest absolute Gasteiger partial charge is 0.484 e. The van der Waals surface area contributed by atoms with Gasteiger partial charge < -0.3 is 14.6 Å². The number of carbonyl (C=O) groups is 1. The molecule has 1 heterocycles. The summed E-state index contributed by atoms with van der Waals surface area (Å²) in [5.41, 5.74) is 1.08. The third-order valence-electron chi connectivity index (χ3n) is 5.11.